The van der Waals surface area contributed by atoms with Gasteiger partial charge in [0, 0.05) is 12.2 Å². The average Bonchev–Trinajstić information content (AvgIpc) is 2.41. The van der Waals surface area contributed by atoms with Crippen molar-refractivity contribution in [1.82, 2.24) is 4.98 Å². The standard InChI is InChI=1S/C12H16N2O2.HNO2/c15-12(16)10-6-7-13-8-11(10)14-9-4-2-1-3-5-9;2-1-3/h6-9,14H,1-5H2,(H,15,16);(H,2,3). The van der Waals surface area contributed by atoms with Gasteiger partial charge in [0.1, 0.15) is 0 Å². The van der Waals surface area contributed by atoms with Crippen LogP contribution < -0.4 is 5.32 Å². The molecule has 7 heteroatoms. The number of nitrogens with zero attached hydrogens (tertiary/aromatic N) is 2. The van der Waals surface area contributed by atoms with Crippen LogP contribution in [0.4, 0.5) is 5.69 Å². The van der Waals surface area contributed by atoms with Crippen LogP contribution in [-0.2, 0) is 0 Å². The molecule has 1 fully saturated rings. The Morgan fingerprint density at radius 1 is 1.37 bits per heavy atom. The number of aromatic carboxylic acids is 1. The summed E-state index contributed by atoms with van der Waals surface area (Å²) in [6, 6.07) is 1.93. The zero-order chi connectivity index (χ0) is 14.1. The number of carboxylic acid groups (broad SMARTS) is 1. The molecule has 7 nitrogen and oxygen atoms in total. The Labute approximate surface area is 110 Å². The number of hydrogen-bond donors (Lipinski definition) is 3. The maximum Gasteiger partial charge on any atom is 0.337 e. The Balaban J connectivity index is 0.000000550. The van der Waals surface area contributed by atoms with Crippen molar-refractivity contribution in [3.63, 3.8) is 0 Å². The summed E-state index contributed by atoms with van der Waals surface area (Å²) in [6.45, 7) is 0. The van der Waals surface area contributed by atoms with Gasteiger partial charge in [0.25, 0.3) is 0 Å². The SMILES string of the molecule is O=C(O)c1ccncc1NC1CCCCC1.O=NO. The molecule has 1 aromatic rings. The van der Waals surface area contributed by atoms with Crippen LogP contribution in [0.5, 0.6) is 0 Å². The molecular weight excluding hydrogens is 250 g/mol. The van der Waals surface area contributed by atoms with Gasteiger partial charge in [-0.2, -0.15) is 0 Å². The fourth-order valence-electron chi connectivity index (χ4n) is 2.16. The van der Waals surface area contributed by atoms with E-state index in [2.05, 4.69) is 10.3 Å². The smallest absolute Gasteiger partial charge is 0.337 e. The third kappa shape index (κ3) is 4.90. The number of pyridine rings is 1. The van der Waals surface area contributed by atoms with Crippen molar-refractivity contribution in [3.05, 3.63) is 28.9 Å². The summed E-state index contributed by atoms with van der Waals surface area (Å²) in [5.41, 5.74) is 0.947. The van der Waals surface area contributed by atoms with Gasteiger partial charge < -0.3 is 15.6 Å². The van der Waals surface area contributed by atoms with Gasteiger partial charge in [0.05, 0.1) is 17.4 Å². The zero-order valence-corrected chi connectivity index (χ0v) is 10.5. The predicted molar refractivity (Wildman–Crippen MR) is 69.3 cm³/mol. The number of hydrogen-bond acceptors (Lipinski definition) is 5. The third-order valence-corrected chi connectivity index (χ3v) is 3.02. The molecule has 0 amide bonds. The van der Waals surface area contributed by atoms with Crippen molar-refractivity contribution in [3.8, 4) is 0 Å². The van der Waals surface area contributed by atoms with Gasteiger partial charge in [-0.1, -0.05) is 19.3 Å². The van der Waals surface area contributed by atoms with E-state index >= 15 is 0 Å². The molecule has 2 rings (SSSR count). The van der Waals surface area contributed by atoms with Crippen LogP contribution in [0.3, 0.4) is 0 Å². The molecule has 104 valence electrons. The first kappa shape index (κ1) is 14.9. The van der Waals surface area contributed by atoms with Crippen molar-refractivity contribution in [1.29, 1.82) is 0 Å². The van der Waals surface area contributed by atoms with Gasteiger partial charge in [-0.25, -0.2) is 4.79 Å². The second kappa shape index (κ2) is 8.02. The lowest BCUT2D eigenvalue weighted by atomic mass is 9.95. The number of anilines is 1. The van der Waals surface area contributed by atoms with Crippen molar-refractivity contribution in [2.45, 2.75) is 38.1 Å². The van der Waals surface area contributed by atoms with Crippen LogP contribution in [-0.4, -0.2) is 27.3 Å². The summed E-state index contributed by atoms with van der Waals surface area (Å²) in [5.74, 6) is -0.902. The number of aromatic nitrogens is 1. The van der Waals surface area contributed by atoms with Crippen molar-refractivity contribution < 1.29 is 15.1 Å². The highest BCUT2D eigenvalue weighted by molar-refractivity contribution is 5.93. The Morgan fingerprint density at radius 3 is 2.58 bits per heavy atom. The lowest BCUT2D eigenvalue weighted by Gasteiger charge is -2.24. The summed E-state index contributed by atoms with van der Waals surface area (Å²) in [6.07, 6.45) is 9.08. The van der Waals surface area contributed by atoms with Crippen LogP contribution in [0.1, 0.15) is 42.5 Å². The van der Waals surface area contributed by atoms with Crippen LogP contribution in [0.2, 0.25) is 0 Å². The molecule has 0 bridgehead atoms. The van der Waals surface area contributed by atoms with E-state index < -0.39 is 5.97 Å². The number of carboxylic acids is 1. The van der Waals surface area contributed by atoms with E-state index in [4.69, 9.17) is 15.2 Å². The molecule has 19 heavy (non-hydrogen) atoms. The largest absolute Gasteiger partial charge is 0.478 e. The van der Waals surface area contributed by atoms with Crippen molar-refractivity contribution in [2.24, 2.45) is 5.34 Å². The maximum absolute atomic E-state index is 11.0. The molecule has 3 N–H and O–H groups in total. The molecule has 0 atom stereocenters. The van der Waals surface area contributed by atoms with Gasteiger partial charge in [-0.05, 0) is 18.9 Å². The first-order valence-corrected chi connectivity index (χ1v) is 6.09. The Morgan fingerprint density at radius 2 is 2.00 bits per heavy atom. The van der Waals surface area contributed by atoms with E-state index in [1.165, 1.54) is 36.9 Å². The normalized spacial score (nSPS) is 14.9. The molecular formula is C12H17N3O4. The molecule has 0 radical (unpaired) electrons. The monoisotopic (exact) mass is 267 g/mol. The minimum atomic E-state index is -0.902. The van der Waals surface area contributed by atoms with Crippen LogP contribution in [0.25, 0.3) is 0 Å². The number of rotatable bonds is 3. The lowest BCUT2D eigenvalue weighted by Crippen LogP contribution is -2.23. The zero-order valence-electron chi connectivity index (χ0n) is 10.5. The fourth-order valence-corrected chi connectivity index (χ4v) is 2.16. The summed E-state index contributed by atoms with van der Waals surface area (Å²) >= 11 is 0. The third-order valence-electron chi connectivity index (χ3n) is 3.02. The summed E-state index contributed by atoms with van der Waals surface area (Å²) in [7, 11) is 0. The summed E-state index contributed by atoms with van der Waals surface area (Å²) in [4.78, 5) is 23.1. The number of carbonyl (C=O) groups is 1. The Hall–Kier alpha value is -2.18. The minimum Gasteiger partial charge on any atom is -0.478 e. The highest BCUT2D eigenvalue weighted by Crippen LogP contribution is 2.23. The molecule has 0 spiro atoms. The highest BCUT2D eigenvalue weighted by atomic mass is 16.6. The molecule has 1 aliphatic carbocycles. The predicted octanol–water partition coefficient (Wildman–Crippen LogP) is 2.67. The quantitative estimate of drug-likeness (QED) is 0.573. The van der Waals surface area contributed by atoms with Gasteiger partial charge in [-0.3, -0.25) is 4.98 Å². The van der Waals surface area contributed by atoms with Crippen LogP contribution in [0.15, 0.2) is 23.8 Å². The lowest BCUT2D eigenvalue weighted by molar-refractivity contribution is 0.0697. The number of nitrogens with one attached hydrogen (secondary N) is 1. The maximum atomic E-state index is 11.0. The van der Waals surface area contributed by atoms with Gasteiger partial charge >= 0.3 is 5.97 Å². The molecule has 1 saturated carbocycles. The molecule has 1 aliphatic rings. The van der Waals surface area contributed by atoms with Crippen LogP contribution in [0, 0.1) is 4.91 Å². The van der Waals surface area contributed by atoms with E-state index in [0.717, 1.165) is 12.8 Å². The first-order valence-electron chi connectivity index (χ1n) is 6.09. The second-order valence-electron chi connectivity index (χ2n) is 4.29. The summed E-state index contributed by atoms with van der Waals surface area (Å²) < 4.78 is 0. The van der Waals surface area contributed by atoms with Crippen molar-refractivity contribution >= 4 is 11.7 Å². The summed E-state index contributed by atoms with van der Waals surface area (Å²) in [5, 5.41) is 20.2. The Bertz CT molecular complexity index is 419. The molecule has 0 aromatic carbocycles. The van der Waals surface area contributed by atoms with Crippen molar-refractivity contribution in [2.75, 3.05) is 5.32 Å². The van der Waals surface area contributed by atoms with Gasteiger partial charge in [0.2, 0.25) is 0 Å². The Kier molecular flexibility index (Phi) is 6.28. The van der Waals surface area contributed by atoms with Gasteiger partial charge in [-0.15, -0.1) is 4.91 Å². The van der Waals surface area contributed by atoms with E-state index in [0.29, 0.717) is 17.3 Å². The highest BCUT2D eigenvalue weighted by Gasteiger charge is 2.16. The minimum absolute atomic E-state index is 0.306. The topological polar surface area (TPSA) is 112 Å². The molecule has 0 aliphatic heterocycles. The van der Waals surface area contributed by atoms with E-state index in [1.807, 2.05) is 0 Å². The average molecular weight is 267 g/mol. The van der Waals surface area contributed by atoms with E-state index in [1.54, 1.807) is 6.20 Å². The molecule has 1 heterocycles. The second-order valence-corrected chi connectivity index (χ2v) is 4.29. The van der Waals surface area contributed by atoms with E-state index in [-0.39, 0.29) is 0 Å². The van der Waals surface area contributed by atoms with Gasteiger partial charge in [0.15, 0.2) is 5.34 Å². The van der Waals surface area contributed by atoms with Crippen LogP contribution >= 0.6 is 0 Å². The molecule has 0 unspecified atom stereocenters. The molecule has 0 saturated heterocycles. The molecule has 1 aromatic heterocycles. The van der Waals surface area contributed by atoms with E-state index in [9.17, 15) is 4.79 Å². The fraction of sp³-hybridized carbons (Fsp3) is 0.500. The first-order chi connectivity index (χ1) is 9.19.